The molecule has 1 saturated heterocycles. The Labute approximate surface area is 164 Å². The zero-order chi connectivity index (χ0) is 20.1. The molecule has 144 valence electrons. The van der Waals surface area contributed by atoms with Crippen molar-refractivity contribution in [3.63, 3.8) is 0 Å². The summed E-state index contributed by atoms with van der Waals surface area (Å²) in [7, 11) is 2.99. The minimum Gasteiger partial charge on any atom is -0.497 e. The van der Waals surface area contributed by atoms with Gasteiger partial charge in [-0.1, -0.05) is 24.0 Å². The number of amides is 1. The van der Waals surface area contributed by atoms with Crippen molar-refractivity contribution in [1.29, 1.82) is 0 Å². The first-order chi connectivity index (χ1) is 12.8. The van der Waals surface area contributed by atoms with Gasteiger partial charge >= 0.3 is 11.9 Å². The number of ether oxygens (including phenoxy) is 2. The van der Waals surface area contributed by atoms with Crippen molar-refractivity contribution >= 4 is 52.2 Å². The molecule has 27 heavy (non-hydrogen) atoms. The third-order valence-corrected chi connectivity index (χ3v) is 5.11. The van der Waals surface area contributed by atoms with Crippen molar-refractivity contribution in [3.05, 3.63) is 28.7 Å². The van der Waals surface area contributed by atoms with E-state index >= 15 is 0 Å². The number of carbonyl (C=O) groups excluding carboxylic acids is 1. The first-order valence-electron chi connectivity index (χ1n) is 7.72. The number of carbonyl (C=O) groups is 3. The molecule has 0 radical (unpaired) electrons. The smallest absolute Gasteiger partial charge is 0.326 e. The van der Waals surface area contributed by atoms with E-state index in [2.05, 4.69) is 0 Å². The van der Waals surface area contributed by atoms with Crippen molar-refractivity contribution < 1.29 is 34.1 Å². The lowest BCUT2D eigenvalue weighted by Gasteiger charge is -2.22. The van der Waals surface area contributed by atoms with Crippen LogP contribution in [0.4, 0.5) is 0 Å². The molecule has 1 fully saturated rings. The van der Waals surface area contributed by atoms with E-state index in [1.54, 1.807) is 24.3 Å². The van der Waals surface area contributed by atoms with Crippen LogP contribution in [-0.4, -0.2) is 57.5 Å². The summed E-state index contributed by atoms with van der Waals surface area (Å²) in [4.78, 5) is 36.2. The molecule has 1 atom stereocenters. The van der Waals surface area contributed by atoms with Crippen molar-refractivity contribution in [1.82, 2.24) is 4.90 Å². The number of hydrogen-bond acceptors (Lipinski definition) is 7. The topological polar surface area (TPSA) is 113 Å². The maximum atomic E-state index is 12.7. The monoisotopic (exact) mass is 411 g/mol. The first-order valence-corrected chi connectivity index (χ1v) is 8.94. The number of thioether (sulfide) groups is 1. The highest BCUT2D eigenvalue weighted by Crippen LogP contribution is 2.36. The predicted molar refractivity (Wildman–Crippen MR) is 103 cm³/mol. The second kappa shape index (κ2) is 8.87. The lowest BCUT2D eigenvalue weighted by molar-refractivity contribution is -0.146. The van der Waals surface area contributed by atoms with E-state index in [0.717, 1.165) is 16.7 Å². The van der Waals surface area contributed by atoms with Gasteiger partial charge in [-0.15, -0.1) is 0 Å². The Morgan fingerprint density at radius 2 is 2.00 bits per heavy atom. The SMILES string of the molecule is COc1ccc(/C=C2\SC(=S)N(C(CCC(=O)O)C(=O)O)C2=O)c(OC)c1. The van der Waals surface area contributed by atoms with E-state index in [9.17, 15) is 19.5 Å². The van der Waals surface area contributed by atoms with Crippen LogP contribution in [0.2, 0.25) is 0 Å². The number of rotatable bonds is 8. The van der Waals surface area contributed by atoms with Gasteiger partial charge in [-0.05, 0) is 24.6 Å². The van der Waals surface area contributed by atoms with Crippen LogP contribution in [0.25, 0.3) is 6.08 Å². The van der Waals surface area contributed by atoms with Gasteiger partial charge in [0.05, 0.1) is 19.1 Å². The molecule has 1 heterocycles. The Morgan fingerprint density at radius 3 is 2.56 bits per heavy atom. The largest absolute Gasteiger partial charge is 0.497 e. The quantitative estimate of drug-likeness (QED) is 0.491. The van der Waals surface area contributed by atoms with Crippen molar-refractivity contribution in [2.24, 2.45) is 0 Å². The standard InChI is InChI=1S/C17H17NO7S2/c1-24-10-4-3-9(12(8-10)25-2)7-13-15(21)18(17(26)27-13)11(16(22)23)5-6-14(19)20/h3-4,7-8,11H,5-6H2,1-2H3,(H,19,20)(H,22,23)/b13-7-. The summed E-state index contributed by atoms with van der Waals surface area (Å²) in [5.41, 5.74) is 0.594. The summed E-state index contributed by atoms with van der Waals surface area (Å²) in [5, 5.41) is 18.2. The third-order valence-electron chi connectivity index (χ3n) is 3.78. The number of thiocarbonyl (C=S) groups is 1. The van der Waals surface area contributed by atoms with Crippen LogP contribution >= 0.6 is 24.0 Å². The second-order valence-electron chi connectivity index (χ2n) is 5.45. The number of hydrogen-bond donors (Lipinski definition) is 2. The van der Waals surface area contributed by atoms with Crippen LogP contribution in [-0.2, 0) is 14.4 Å². The van der Waals surface area contributed by atoms with E-state index < -0.39 is 23.9 Å². The number of methoxy groups -OCH3 is 2. The number of nitrogens with zero attached hydrogens (tertiary/aromatic N) is 1. The summed E-state index contributed by atoms with van der Waals surface area (Å²) < 4.78 is 10.5. The Balaban J connectivity index is 2.33. The molecule has 0 aromatic heterocycles. The summed E-state index contributed by atoms with van der Waals surface area (Å²) in [6.07, 6.45) is 0.920. The molecular weight excluding hydrogens is 394 g/mol. The highest BCUT2D eigenvalue weighted by atomic mass is 32.2. The fourth-order valence-corrected chi connectivity index (χ4v) is 3.80. The lowest BCUT2D eigenvalue weighted by atomic mass is 10.1. The van der Waals surface area contributed by atoms with Crippen LogP contribution in [0.1, 0.15) is 18.4 Å². The van der Waals surface area contributed by atoms with Gasteiger partial charge in [-0.3, -0.25) is 14.5 Å². The van der Waals surface area contributed by atoms with Crippen molar-refractivity contribution in [3.8, 4) is 11.5 Å². The fraction of sp³-hybridized carbons (Fsp3) is 0.294. The van der Waals surface area contributed by atoms with Crippen LogP contribution in [0.3, 0.4) is 0 Å². The number of carboxylic acids is 2. The van der Waals surface area contributed by atoms with Gasteiger partial charge in [0.15, 0.2) is 0 Å². The highest BCUT2D eigenvalue weighted by Gasteiger charge is 2.40. The van der Waals surface area contributed by atoms with Gasteiger partial charge in [0, 0.05) is 18.1 Å². The van der Waals surface area contributed by atoms with Gasteiger partial charge < -0.3 is 19.7 Å². The number of aliphatic carboxylic acids is 2. The molecule has 0 spiro atoms. The third kappa shape index (κ3) is 4.77. The maximum absolute atomic E-state index is 12.7. The molecule has 1 amide bonds. The average molecular weight is 411 g/mol. The number of carboxylic acid groups (broad SMARTS) is 2. The van der Waals surface area contributed by atoms with E-state index in [1.165, 1.54) is 14.2 Å². The normalized spacial score (nSPS) is 16.5. The maximum Gasteiger partial charge on any atom is 0.326 e. The van der Waals surface area contributed by atoms with Gasteiger partial charge in [-0.2, -0.15) is 0 Å². The van der Waals surface area contributed by atoms with E-state index in [-0.39, 0.29) is 22.1 Å². The van der Waals surface area contributed by atoms with Crippen LogP contribution in [0.5, 0.6) is 11.5 Å². The molecule has 2 rings (SSSR count). The Kier molecular flexibility index (Phi) is 6.81. The van der Waals surface area contributed by atoms with E-state index in [1.807, 2.05) is 0 Å². The summed E-state index contributed by atoms with van der Waals surface area (Å²) >= 11 is 6.11. The lowest BCUT2D eigenvalue weighted by Crippen LogP contribution is -2.44. The van der Waals surface area contributed by atoms with Crippen LogP contribution in [0.15, 0.2) is 23.1 Å². The molecule has 2 N–H and O–H groups in total. The zero-order valence-corrected chi connectivity index (χ0v) is 16.1. The Bertz CT molecular complexity index is 821. The second-order valence-corrected chi connectivity index (χ2v) is 7.12. The first kappa shape index (κ1) is 20.7. The number of benzene rings is 1. The summed E-state index contributed by atoms with van der Waals surface area (Å²) in [6.45, 7) is 0. The minimum atomic E-state index is -1.34. The molecule has 1 aromatic rings. The van der Waals surface area contributed by atoms with E-state index in [4.69, 9.17) is 26.8 Å². The van der Waals surface area contributed by atoms with Gasteiger partial charge in [0.25, 0.3) is 5.91 Å². The molecule has 1 aliphatic rings. The Hall–Kier alpha value is -2.59. The summed E-state index contributed by atoms with van der Waals surface area (Å²) in [5.74, 6) is -1.99. The molecule has 0 aliphatic carbocycles. The summed E-state index contributed by atoms with van der Waals surface area (Å²) in [6, 6.07) is 3.71. The average Bonchev–Trinajstić information content (AvgIpc) is 2.89. The zero-order valence-electron chi connectivity index (χ0n) is 14.5. The van der Waals surface area contributed by atoms with Crippen LogP contribution in [0, 0.1) is 0 Å². The molecule has 1 aromatic carbocycles. The molecule has 0 bridgehead atoms. The molecule has 1 unspecified atom stereocenters. The molecule has 10 heteroatoms. The predicted octanol–water partition coefficient (Wildman–Crippen LogP) is 2.22. The Morgan fingerprint density at radius 1 is 1.30 bits per heavy atom. The van der Waals surface area contributed by atoms with Gasteiger partial charge in [0.1, 0.15) is 21.9 Å². The molecular formula is C17H17NO7S2. The van der Waals surface area contributed by atoms with Gasteiger partial charge in [0.2, 0.25) is 0 Å². The van der Waals surface area contributed by atoms with E-state index in [0.29, 0.717) is 17.1 Å². The van der Waals surface area contributed by atoms with Gasteiger partial charge in [-0.25, -0.2) is 4.79 Å². The van der Waals surface area contributed by atoms with Crippen LogP contribution < -0.4 is 9.47 Å². The van der Waals surface area contributed by atoms with Crippen molar-refractivity contribution in [2.75, 3.05) is 14.2 Å². The highest BCUT2D eigenvalue weighted by molar-refractivity contribution is 8.26. The molecule has 1 aliphatic heterocycles. The molecule has 0 saturated carbocycles. The van der Waals surface area contributed by atoms with Crippen molar-refractivity contribution in [2.45, 2.75) is 18.9 Å². The molecule has 8 nitrogen and oxygen atoms in total. The minimum absolute atomic E-state index is 0.0662. The fourth-order valence-electron chi connectivity index (χ4n) is 2.45.